The van der Waals surface area contributed by atoms with Crippen LogP contribution in [0.15, 0.2) is 96.0 Å². The molecule has 0 N–H and O–H groups in total. The Kier molecular flexibility index (Phi) is 14.5. The lowest BCUT2D eigenvalue weighted by atomic mass is 9.12. The Morgan fingerprint density at radius 2 is 0.722 bits per heavy atom. The third kappa shape index (κ3) is 8.41. The van der Waals surface area contributed by atoms with E-state index in [1.54, 1.807) is 12.1 Å². The first-order valence-electron chi connectivity index (χ1n) is 19.6. The van der Waals surface area contributed by atoms with Crippen molar-refractivity contribution >= 4 is 57.4 Å². The van der Waals surface area contributed by atoms with E-state index in [-0.39, 0.29) is 0 Å². The summed E-state index contributed by atoms with van der Waals surface area (Å²) in [7, 11) is 0. The molecule has 0 aliphatic rings. The molecular weight excluding hydrogens is 1030 g/mol. The molecule has 72 heavy (non-hydrogen) atoms. The fourth-order valence-electron chi connectivity index (χ4n) is 7.96. The molecule has 0 spiro atoms. The zero-order valence-electron chi connectivity index (χ0n) is 34.7. The van der Waals surface area contributed by atoms with Gasteiger partial charge in [-0.2, -0.15) is 4.57 Å². The van der Waals surface area contributed by atoms with Crippen LogP contribution in [0.4, 0.5) is 87.8 Å². The summed E-state index contributed by atoms with van der Waals surface area (Å²) in [5.74, 6) is -71.4. The number of esters is 1. The maximum atomic E-state index is 15.4. The quantitative estimate of drug-likeness (QED) is 0.0240. The highest BCUT2D eigenvalue weighted by Crippen LogP contribution is 2.31. The van der Waals surface area contributed by atoms with Crippen LogP contribution in [0.1, 0.15) is 16.1 Å². The number of carbonyl (C=O) groups is 1. The minimum absolute atomic E-state index is 0.399. The minimum atomic E-state index is -7.22. The van der Waals surface area contributed by atoms with Gasteiger partial charge in [0.15, 0.2) is 82.5 Å². The van der Waals surface area contributed by atoms with Crippen molar-refractivity contribution in [2.75, 3.05) is 0 Å². The summed E-state index contributed by atoms with van der Waals surface area (Å²) in [6, 6.07) is 27.1. The molecule has 8 aromatic rings. The molecule has 0 bridgehead atoms. The predicted octanol–water partition coefficient (Wildman–Crippen LogP) is 10.5. The Bertz CT molecular complexity index is 3150. The van der Waals surface area contributed by atoms with Crippen molar-refractivity contribution < 1.29 is 102 Å². The highest BCUT2D eigenvalue weighted by molar-refractivity contribution is 7.80. The van der Waals surface area contributed by atoms with E-state index in [1.165, 1.54) is 0 Å². The second kappa shape index (κ2) is 19.9. The molecule has 0 unspecified atom stereocenters. The number of para-hydroxylation sites is 1. The second-order valence-electron chi connectivity index (χ2n) is 15.0. The Morgan fingerprint density at radius 3 is 1.10 bits per heavy atom. The maximum Gasteiger partial charge on any atom is 0.409 e. The van der Waals surface area contributed by atoms with Gasteiger partial charge in [-0.1, -0.05) is 60.7 Å². The van der Waals surface area contributed by atoms with E-state index in [1.807, 2.05) is 83.6 Å². The normalized spacial score (nSPS) is 11.5. The van der Waals surface area contributed by atoms with Crippen LogP contribution in [0.3, 0.4) is 0 Å². The molecule has 0 atom stereocenters. The van der Waals surface area contributed by atoms with Gasteiger partial charge in [-0.15, -0.1) is 34.5 Å². The van der Waals surface area contributed by atoms with Gasteiger partial charge < -0.3 is 4.74 Å². The van der Waals surface area contributed by atoms with Gasteiger partial charge in [0.05, 0.1) is 5.39 Å². The molecule has 3 nitrogen and oxygen atoms in total. The summed E-state index contributed by atoms with van der Waals surface area (Å²) in [6.07, 6.45) is -5.29. The van der Waals surface area contributed by atoms with Crippen LogP contribution in [-0.2, 0) is 6.54 Å². The van der Waals surface area contributed by atoms with Crippen LogP contribution in [0.5, 0.6) is 5.75 Å². The fourth-order valence-corrected chi connectivity index (χ4v) is 8.17. The zero-order chi connectivity index (χ0) is 53.0. The van der Waals surface area contributed by atoms with Crippen LogP contribution in [0, 0.1) is 116 Å². The zero-order valence-corrected chi connectivity index (χ0v) is 35.6. The standard InChI is InChI=1S/C24BF20.C23H17NO2S/c26-5-1(6(27)14(35)21(42)13(5)34)25(2-7(28)15(36)22(43)16(37)8(2)29,3-9(30)17(38)23(44)18(39)10(3)31)4-11(32)19(40)24(45)20(41)12(4)33;25-23(26-20-12-6-7-13-21(20)27)22-19-11-5-4-10-18(19)14-15-24(22)16-17-8-2-1-3-9-17/h;1-15H,16H2/q-1;/p+1. The Labute approximate surface area is 394 Å². The first kappa shape index (κ1) is 52.3. The van der Waals surface area contributed by atoms with Crippen LogP contribution in [-0.4, -0.2) is 12.1 Å². The summed E-state index contributed by atoms with van der Waals surface area (Å²) in [5.41, 5.74) is -12.7. The molecule has 0 saturated heterocycles. The number of rotatable bonds is 8. The number of carbonyl (C=O) groups excluding carboxylic acids is 1. The number of ether oxygens (including phenoxy) is 1. The van der Waals surface area contributed by atoms with Crippen molar-refractivity contribution in [2.24, 2.45) is 0 Å². The van der Waals surface area contributed by atoms with Gasteiger partial charge in [-0.05, 0) is 23.6 Å². The molecule has 0 radical (unpaired) electrons. The van der Waals surface area contributed by atoms with E-state index in [2.05, 4.69) is 12.6 Å². The number of hydrogen-bond donors (Lipinski definition) is 1. The van der Waals surface area contributed by atoms with Gasteiger partial charge in [0, 0.05) is 16.5 Å². The van der Waals surface area contributed by atoms with Gasteiger partial charge in [-0.3, -0.25) is 0 Å². The Hall–Kier alpha value is -7.57. The van der Waals surface area contributed by atoms with Crippen LogP contribution < -0.4 is 31.2 Å². The van der Waals surface area contributed by atoms with E-state index >= 15 is 35.1 Å². The smallest absolute Gasteiger partial charge is 0.409 e. The van der Waals surface area contributed by atoms with E-state index < -0.39 is 150 Å². The van der Waals surface area contributed by atoms with Crippen molar-refractivity contribution in [1.29, 1.82) is 0 Å². The Morgan fingerprint density at radius 1 is 0.403 bits per heavy atom. The first-order chi connectivity index (χ1) is 33.9. The number of benzene rings is 7. The minimum Gasteiger partial charge on any atom is -0.417 e. The van der Waals surface area contributed by atoms with Crippen LogP contribution in [0.25, 0.3) is 10.8 Å². The van der Waals surface area contributed by atoms with Crippen molar-refractivity contribution in [1.82, 2.24) is 0 Å². The molecule has 0 aliphatic carbocycles. The number of aromatic nitrogens is 1. The summed E-state index contributed by atoms with van der Waals surface area (Å²) >= 11 is 4.38. The Balaban J connectivity index is 0.000000238. The first-order valence-corrected chi connectivity index (χ1v) is 20.1. The van der Waals surface area contributed by atoms with Crippen molar-refractivity contribution in [2.45, 2.75) is 11.4 Å². The number of halogens is 20. The summed E-state index contributed by atoms with van der Waals surface area (Å²) in [6.45, 7) is 0.582. The van der Waals surface area contributed by atoms with E-state index in [0.29, 0.717) is 22.9 Å². The third-order valence-corrected chi connectivity index (χ3v) is 11.5. The third-order valence-electron chi connectivity index (χ3n) is 11.1. The second-order valence-corrected chi connectivity index (χ2v) is 15.5. The highest BCUT2D eigenvalue weighted by Gasteiger charge is 2.52. The lowest BCUT2D eigenvalue weighted by Crippen LogP contribution is -2.81. The lowest BCUT2D eigenvalue weighted by Gasteiger charge is -2.44. The van der Waals surface area contributed by atoms with E-state index in [9.17, 15) is 57.5 Å². The van der Waals surface area contributed by atoms with Crippen LogP contribution >= 0.6 is 12.6 Å². The van der Waals surface area contributed by atoms with Crippen LogP contribution in [0.2, 0.25) is 0 Å². The number of nitrogens with zero attached hydrogens (tertiary/aromatic N) is 1. The number of fused-ring (bicyclic) bond motifs is 1. The van der Waals surface area contributed by atoms with E-state index in [4.69, 9.17) is 4.74 Å². The van der Waals surface area contributed by atoms with Gasteiger partial charge in [0.25, 0.3) is 5.69 Å². The van der Waals surface area contributed by atoms with Crippen molar-refractivity contribution in [3.8, 4) is 5.75 Å². The summed E-state index contributed by atoms with van der Waals surface area (Å²) < 4.78 is 302. The molecule has 7 aromatic carbocycles. The summed E-state index contributed by atoms with van der Waals surface area (Å²) in [5, 5.41) is 1.85. The average Bonchev–Trinajstić information content (AvgIpc) is 3.37. The molecule has 1 aromatic heterocycles. The van der Waals surface area contributed by atoms with Gasteiger partial charge >= 0.3 is 5.97 Å². The topological polar surface area (TPSA) is 30.2 Å². The maximum absolute atomic E-state index is 15.4. The molecule has 8 rings (SSSR count). The van der Waals surface area contributed by atoms with Crippen molar-refractivity contribution in [3.63, 3.8) is 0 Å². The fraction of sp³-hybridized carbons (Fsp3) is 0.0213. The number of pyridine rings is 1. The predicted molar refractivity (Wildman–Crippen MR) is 218 cm³/mol. The lowest BCUT2D eigenvalue weighted by molar-refractivity contribution is -0.689. The van der Waals surface area contributed by atoms with Crippen molar-refractivity contribution in [3.05, 3.63) is 219 Å². The monoisotopic (exact) mass is 1050 g/mol. The molecule has 0 aliphatic heterocycles. The van der Waals surface area contributed by atoms with Gasteiger partial charge in [-0.25, -0.2) is 92.6 Å². The molecule has 0 amide bonds. The largest absolute Gasteiger partial charge is 0.417 e. The van der Waals surface area contributed by atoms with Gasteiger partial charge in [0.2, 0.25) is 0 Å². The average molecular weight is 1050 g/mol. The SMILES string of the molecule is Fc1c(F)c(F)c([B-](c2c(F)c(F)c(F)c(F)c2F)(c2c(F)c(F)c(F)c(F)c2F)c2c(F)c(F)c(F)c(F)c2F)c(F)c1F.O=C(Oc1ccccc1S)c1c2ccccc2cc[n+]1Cc1ccccc1. The molecule has 372 valence electrons. The molecule has 1 heterocycles. The molecule has 0 saturated carbocycles. The molecule has 0 fully saturated rings. The summed E-state index contributed by atoms with van der Waals surface area (Å²) in [4.78, 5) is 13.7. The molecular formula is C47H18BF20NO2S. The van der Waals surface area contributed by atoms with E-state index in [0.717, 1.165) is 16.3 Å². The number of thiol groups is 1. The number of hydrogen-bond acceptors (Lipinski definition) is 3. The highest BCUT2D eigenvalue weighted by atomic mass is 32.1. The molecule has 25 heteroatoms. The van der Waals surface area contributed by atoms with Gasteiger partial charge in [0.1, 0.15) is 58.4 Å².